The maximum Gasteiger partial charge on any atom is 0.303 e. The van der Waals surface area contributed by atoms with Crippen LogP contribution < -0.4 is 5.73 Å². The molecule has 0 aromatic carbocycles. The topological polar surface area (TPSA) is 92.0 Å². The first-order valence-corrected chi connectivity index (χ1v) is 5.57. The number of carboxylic acids is 1. The number of aliphatic carboxylic acids is 1. The second-order valence-corrected chi connectivity index (χ2v) is 4.08. The first kappa shape index (κ1) is 11.6. The summed E-state index contributed by atoms with van der Waals surface area (Å²) in [5.74, 6) is -0.781. The summed E-state index contributed by atoms with van der Waals surface area (Å²) in [4.78, 5) is 17.7. The Bertz CT molecular complexity index is 521. The van der Waals surface area contributed by atoms with Crippen LogP contribution in [0, 0.1) is 0 Å². The van der Waals surface area contributed by atoms with Crippen molar-refractivity contribution in [2.75, 3.05) is 0 Å². The first-order valence-electron chi connectivity index (χ1n) is 5.57. The lowest BCUT2D eigenvalue weighted by molar-refractivity contribution is -0.137. The van der Waals surface area contributed by atoms with Crippen molar-refractivity contribution in [1.82, 2.24) is 9.97 Å². The quantitative estimate of drug-likeness (QED) is 0.734. The van der Waals surface area contributed by atoms with Crippen LogP contribution in [-0.2, 0) is 4.79 Å². The van der Waals surface area contributed by atoms with E-state index in [1.807, 2.05) is 18.3 Å². The second-order valence-electron chi connectivity index (χ2n) is 4.08. The predicted octanol–water partition coefficient (Wildman–Crippen LogP) is 1.82. The summed E-state index contributed by atoms with van der Waals surface area (Å²) < 4.78 is 0. The van der Waals surface area contributed by atoms with E-state index in [0.29, 0.717) is 12.8 Å². The van der Waals surface area contributed by atoms with Crippen molar-refractivity contribution in [3.63, 3.8) is 0 Å². The van der Waals surface area contributed by atoms with Gasteiger partial charge in [0, 0.05) is 30.2 Å². The van der Waals surface area contributed by atoms with Crippen molar-refractivity contribution in [2.24, 2.45) is 5.73 Å². The largest absolute Gasteiger partial charge is 0.481 e. The van der Waals surface area contributed by atoms with E-state index < -0.39 is 5.97 Å². The zero-order valence-corrected chi connectivity index (χ0v) is 9.39. The van der Waals surface area contributed by atoms with Crippen LogP contribution in [0.5, 0.6) is 0 Å². The summed E-state index contributed by atoms with van der Waals surface area (Å²) in [5, 5.41) is 9.58. The van der Waals surface area contributed by atoms with Crippen molar-refractivity contribution >= 4 is 17.0 Å². The third-order valence-corrected chi connectivity index (χ3v) is 2.76. The highest BCUT2D eigenvalue weighted by atomic mass is 16.4. The zero-order chi connectivity index (χ0) is 12.3. The number of nitrogens with two attached hydrogens (primary N) is 1. The van der Waals surface area contributed by atoms with Crippen LogP contribution in [-0.4, -0.2) is 21.0 Å². The molecule has 5 nitrogen and oxygen atoms in total. The Labute approximate surface area is 98.7 Å². The van der Waals surface area contributed by atoms with Crippen molar-refractivity contribution in [3.8, 4) is 0 Å². The predicted molar refractivity (Wildman–Crippen MR) is 64.5 cm³/mol. The van der Waals surface area contributed by atoms with Crippen LogP contribution in [0.2, 0.25) is 0 Å². The van der Waals surface area contributed by atoms with Gasteiger partial charge in [-0.3, -0.25) is 4.79 Å². The number of H-pyrrole nitrogens is 1. The minimum absolute atomic E-state index is 0.152. The maximum atomic E-state index is 10.4. The summed E-state index contributed by atoms with van der Waals surface area (Å²) in [6.45, 7) is 0. The molecular weight excluding hydrogens is 218 g/mol. The minimum atomic E-state index is -0.781. The highest BCUT2D eigenvalue weighted by Crippen LogP contribution is 2.19. The molecule has 0 fully saturated rings. The maximum absolute atomic E-state index is 10.4. The van der Waals surface area contributed by atoms with E-state index in [2.05, 4.69) is 9.97 Å². The lowest BCUT2D eigenvalue weighted by Gasteiger charge is -2.10. The van der Waals surface area contributed by atoms with Gasteiger partial charge in [0.2, 0.25) is 0 Å². The molecule has 2 rings (SSSR count). The van der Waals surface area contributed by atoms with Crippen LogP contribution in [0.3, 0.4) is 0 Å². The number of carbonyl (C=O) groups is 1. The van der Waals surface area contributed by atoms with E-state index in [-0.39, 0.29) is 12.5 Å². The molecule has 0 spiro atoms. The van der Waals surface area contributed by atoms with Crippen LogP contribution in [0.1, 0.15) is 30.9 Å². The third-order valence-electron chi connectivity index (χ3n) is 2.76. The lowest BCUT2D eigenvalue weighted by atomic mass is 10.0. The van der Waals surface area contributed by atoms with Crippen molar-refractivity contribution in [2.45, 2.75) is 25.3 Å². The number of aromatic nitrogens is 2. The Morgan fingerprint density at radius 2 is 2.41 bits per heavy atom. The number of pyridine rings is 1. The molecule has 0 aliphatic heterocycles. The molecule has 4 N–H and O–H groups in total. The zero-order valence-electron chi connectivity index (χ0n) is 9.39. The molecule has 0 saturated heterocycles. The molecule has 1 atom stereocenters. The van der Waals surface area contributed by atoms with Gasteiger partial charge < -0.3 is 15.8 Å². The van der Waals surface area contributed by atoms with E-state index in [9.17, 15) is 4.79 Å². The molecule has 2 aromatic heterocycles. The van der Waals surface area contributed by atoms with Crippen LogP contribution in [0.4, 0.5) is 0 Å². The molecule has 90 valence electrons. The fourth-order valence-corrected chi connectivity index (χ4v) is 1.80. The van der Waals surface area contributed by atoms with Gasteiger partial charge in [0.25, 0.3) is 0 Å². The van der Waals surface area contributed by atoms with Gasteiger partial charge in [-0.25, -0.2) is 4.98 Å². The standard InChI is InChI=1S/C12H15N3O2/c13-10(2-1-3-11(16)17)9-6-8-4-5-14-12(8)15-7-9/h4-7,10H,1-3,13H2,(H,14,15)(H,16,17)/t10-/m1/s1. The van der Waals surface area contributed by atoms with E-state index in [1.165, 1.54) is 0 Å². The monoisotopic (exact) mass is 233 g/mol. The first-order chi connectivity index (χ1) is 8.16. The van der Waals surface area contributed by atoms with Gasteiger partial charge in [0.05, 0.1) is 0 Å². The second kappa shape index (κ2) is 4.97. The molecule has 0 bridgehead atoms. The van der Waals surface area contributed by atoms with Gasteiger partial charge in [0.15, 0.2) is 0 Å². The van der Waals surface area contributed by atoms with Gasteiger partial charge in [-0.05, 0) is 30.5 Å². The number of nitrogens with zero attached hydrogens (tertiary/aromatic N) is 1. The van der Waals surface area contributed by atoms with Crippen molar-refractivity contribution in [3.05, 3.63) is 30.1 Å². The molecule has 0 aliphatic carbocycles. The lowest BCUT2D eigenvalue weighted by Crippen LogP contribution is -2.11. The fraction of sp³-hybridized carbons (Fsp3) is 0.333. The Morgan fingerprint density at radius 3 is 3.18 bits per heavy atom. The van der Waals surface area contributed by atoms with Crippen LogP contribution >= 0.6 is 0 Å². The average molecular weight is 233 g/mol. The smallest absolute Gasteiger partial charge is 0.303 e. The highest BCUT2D eigenvalue weighted by molar-refractivity contribution is 5.75. The van der Waals surface area contributed by atoms with E-state index in [0.717, 1.165) is 16.6 Å². The molecule has 0 radical (unpaired) electrons. The average Bonchev–Trinajstić information content (AvgIpc) is 2.75. The highest BCUT2D eigenvalue weighted by Gasteiger charge is 2.08. The normalized spacial score (nSPS) is 12.8. The Hall–Kier alpha value is -1.88. The summed E-state index contributed by atoms with van der Waals surface area (Å²) in [6, 6.07) is 3.78. The van der Waals surface area contributed by atoms with E-state index >= 15 is 0 Å². The van der Waals surface area contributed by atoms with E-state index in [1.54, 1.807) is 6.20 Å². The van der Waals surface area contributed by atoms with Gasteiger partial charge in [0.1, 0.15) is 5.65 Å². The summed E-state index contributed by atoms with van der Waals surface area (Å²) in [7, 11) is 0. The summed E-state index contributed by atoms with van der Waals surface area (Å²) >= 11 is 0. The van der Waals surface area contributed by atoms with Gasteiger partial charge in [-0.1, -0.05) is 0 Å². The molecule has 17 heavy (non-hydrogen) atoms. The van der Waals surface area contributed by atoms with Gasteiger partial charge >= 0.3 is 5.97 Å². The third kappa shape index (κ3) is 2.82. The molecule has 0 saturated carbocycles. The molecule has 0 amide bonds. The molecule has 2 heterocycles. The molecular formula is C12H15N3O2. The Balaban J connectivity index is 2.02. The van der Waals surface area contributed by atoms with Gasteiger partial charge in [-0.2, -0.15) is 0 Å². The number of hydrogen-bond acceptors (Lipinski definition) is 3. The van der Waals surface area contributed by atoms with Gasteiger partial charge in [-0.15, -0.1) is 0 Å². The summed E-state index contributed by atoms with van der Waals surface area (Å²) in [6.07, 6.45) is 4.97. The minimum Gasteiger partial charge on any atom is -0.481 e. The van der Waals surface area contributed by atoms with Crippen LogP contribution in [0.15, 0.2) is 24.5 Å². The Kier molecular flexibility index (Phi) is 3.39. The van der Waals surface area contributed by atoms with Crippen molar-refractivity contribution in [1.29, 1.82) is 0 Å². The number of fused-ring (bicyclic) bond motifs is 1. The number of hydrogen-bond donors (Lipinski definition) is 3. The Morgan fingerprint density at radius 1 is 1.59 bits per heavy atom. The molecule has 5 heteroatoms. The van der Waals surface area contributed by atoms with Crippen molar-refractivity contribution < 1.29 is 9.90 Å². The molecule has 0 aliphatic rings. The van der Waals surface area contributed by atoms with Crippen LogP contribution in [0.25, 0.3) is 11.0 Å². The number of carboxylic acid groups (broad SMARTS) is 1. The fourth-order valence-electron chi connectivity index (χ4n) is 1.80. The number of rotatable bonds is 5. The molecule has 2 aromatic rings. The SMILES string of the molecule is N[C@H](CCCC(=O)O)c1cnc2[nH]ccc2c1. The number of aromatic amines is 1. The summed E-state index contributed by atoms with van der Waals surface area (Å²) in [5.41, 5.74) is 7.78. The number of nitrogens with one attached hydrogen (secondary N) is 1. The molecule has 0 unspecified atom stereocenters. The van der Waals surface area contributed by atoms with E-state index in [4.69, 9.17) is 10.8 Å².